The molecule has 0 amide bonds. The molecule has 0 N–H and O–H groups in total. The zero-order valence-corrected chi connectivity index (χ0v) is 11.5. The fourth-order valence-electron chi connectivity index (χ4n) is 0. The second-order valence-corrected chi connectivity index (χ2v) is 2.23. The van der Waals surface area contributed by atoms with Crippen LogP contribution in [0.3, 0.4) is 0 Å². The minimum absolute atomic E-state index is 0.111. The molecule has 0 aliphatic rings. The topological polar surface area (TPSA) is 114 Å². The first-order valence-corrected chi connectivity index (χ1v) is 6.75. The molecule has 0 saturated heterocycles. The number of carboxylic acids is 2. The van der Waals surface area contributed by atoms with Gasteiger partial charge in [0.15, 0.2) is 0 Å². The zero-order chi connectivity index (χ0) is 11.3. The summed E-state index contributed by atoms with van der Waals surface area (Å²) < 4.78 is 17.2. The summed E-state index contributed by atoms with van der Waals surface area (Å²) in [6.45, 7) is 3.07. The van der Waals surface area contributed by atoms with E-state index in [1.807, 2.05) is 0 Å². The molecule has 0 aliphatic heterocycles. The number of hydrogen-bond donors (Lipinski definition) is 0. The molecule has 0 unspecified atom stereocenters. The van der Waals surface area contributed by atoms with Crippen molar-refractivity contribution >= 4 is 11.9 Å². The van der Waals surface area contributed by atoms with Crippen molar-refractivity contribution in [3.8, 4) is 0 Å². The van der Waals surface area contributed by atoms with Gasteiger partial charge in [-0.2, -0.15) is 0 Å². The predicted octanol–water partition coefficient (Wildman–Crippen LogP) is -1.94. The molecule has 0 saturated carbocycles. The van der Waals surface area contributed by atoms with Crippen molar-refractivity contribution in [2.24, 2.45) is 0 Å². The van der Waals surface area contributed by atoms with Gasteiger partial charge in [0.25, 0.3) is 0 Å². The Labute approximate surface area is 90.5 Å². The molecule has 0 heterocycles. The molecule has 0 aromatic carbocycles. The average molecular weight is 416 g/mol. The summed E-state index contributed by atoms with van der Waals surface area (Å²) in [5.74, 6) is -1.99. The number of carbonyl (C=O) groups is 2. The number of aliphatic carboxylic acids is 2. The van der Waals surface area contributed by atoms with E-state index in [9.17, 15) is 19.8 Å². The molecule has 13 heavy (non-hydrogen) atoms. The van der Waals surface area contributed by atoms with E-state index in [2.05, 4.69) is 0 Å². The third-order valence-electron chi connectivity index (χ3n) is 0.577. The van der Waals surface area contributed by atoms with Crippen LogP contribution in [0.15, 0.2) is 0 Å². The summed E-state index contributed by atoms with van der Waals surface area (Å²) in [6.07, 6.45) is 0.222. The third kappa shape index (κ3) is 82.7. The van der Waals surface area contributed by atoms with Gasteiger partial charge >= 0.3 is 32.3 Å². The Kier molecular flexibility index (Phi) is 24.9. The van der Waals surface area contributed by atoms with Gasteiger partial charge in [-0.25, -0.2) is 0 Å². The standard InChI is InChI=1S/2C3H6O2.2O.U/c2*1-2-3(4)5;;;/h2*2H2,1H3,(H,4,5);;;/q;;;;+2/p-2. The van der Waals surface area contributed by atoms with Crippen LogP contribution in [0.25, 0.3) is 0 Å². The second-order valence-electron chi connectivity index (χ2n) is 1.53. The van der Waals surface area contributed by atoms with Crippen molar-refractivity contribution in [1.82, 2.24) is 0 Å². The molecule has 0 aromatic rings. The molecule has 74 valence electrons. The van der Waals surface area contributed by atoms with Crippen molar-refractivity contribution < 1.29 is 52.1 Å². The van der Waals surface area contributed by atoms with Crippen LogP contribution in [0.5, 0.6) is 0 Å². The summed E-state index contributed by atoms with van der Waals surface area (Å²) in [6, 6.07) is 0. The first-order valence-electron chi connectivity index (χ1n) is 3.35. The minimum atomic E-state index is -2.51. The summed E-state index contributed by atoms with van der Waals surface area (Å²) in [4.78, 5) is 18.5. The van der Waals surface area contributed by atoms with Crippen molar-refractivity contribution in [3.63, 3.8) is 0 Å². The van der Waals surface area contributed by atoms with Crippen LogP contribution in [0.4, 0.5) is 0 Å². The molecule has 0 bridgehead atoms. The van der Waals surface area contributed by atoms with Crippen LogP contribution in [0.1, 0.15) is 26.7 Å². The quantitative estimate of drug-likeness (QED) is 0.517. The van der Waals surface area contributed by atoms with E-state index in [0.717, 1.165) is 0 Å². The first kappa shape index (κ1) is 18.4. The first-order chi connectivity index (χ1) is 5.95. The maximum atomic E-state index is 9.26. The van der Waals surface area contributed by atoms with Crippen molar-refractivity contribution in [2.75, 3.05) is 0 Å². The second kappa shape index (κ2) is 17.6. The van der Waals surface area contributed by atoms with Crippen molar-refractivity contribution in [3.05, 3.63) is 0 Å². The normalized spacial score (nSPS) is 6.31. The Hall–Kier alpha value is -0.408. The van der Waals surface area contributed by atoms with E-state index in [1.54, 1.807) is 0 Å². The van der Waals surface area contributed by atoms with Crippen LogP contribution >= 0.6 is 0 Å². The molecule has 0 aliphatic carbocycles. The van der Waals surface area contributed by atoms with Crippen molar-refractivity contribution in [2.45, 2.75) is 26.7 Å². The average Bonchev–Trinajstić information content (AvgIpc) is 2.07. The Balaban J connectivity index is -0.000000120. The van der Waals surface area contributed by atoms with Gasteiger partial charge in [0.05, 0.1) is 0 Å². The molecular formula is C6H10O6U. The van der Waals surface area contributed by atoms with Gasteiger partial charge in [0, 0.05) is 11.9 Å². The van der Waals surface area contributed by atoms with E-state index < -0.39 is 39.8 Å². The zero-order valence-electron chi connectivity index (χ0n) is 7.36. The van der Waals surface area contributed by atoms with Gasteiger partial charge in [-0.3, -0.25) is 0 Å². The van der Waals surface area contributed by atoms with Crippen LogP contribution in [0.2, 0.25) is 0 Å². The third-order valence-corrected chi connectivity index (χ3v) is 0.577. The summed E-state index contributed by atoms with van der Waals surface area (Å²) >= 11 is -2.51. The van der Waals surface area contributed by atoms with Crippen LogP contribution in [-0.4, -0.2) is 11.9 Å². The monoisotopic (exact) mass is 416 g/mol. The van der Waals surface area contributed by atoms with Crippen LogP contribution in [-0.2, 0) is 14.1 Å². The molecule has 0 fully saturated rings. The van der Waals surface area contributed by atoms with E-state index in [-0.39, 0.29) is 12.8 Å². The predicted molar refractivity (Wildman–Crippen MR) is 32.0 cm³/mol. The van der Waals surface area contributed by atoms with Gasteiger partial charge < -0.3 is 19.8 Å². The fourth-order valence-corrected chi connectivity index (χ4v) is 0. The Morgan fingerprint density at radius 2 is 1.08 bits per heavy atom. The van der Waals surface area contributed by atoms with E-state index in [0.29, 0.717) is 0 Å². The number of carbonyl (C=O) groups excluding carboxylic acids is 2. The number of hydrogen-bond acceptors (Lipinski definition) is 6. The molecular weight excluding hydrogens is 406 g/mol. The molecule has 0 aromatic heterocycles. The maximum absolute atomic E-state index is 9.26. The van der Waals surface area contributed by atoms with Gasteiger partial charge in [0.2, 0.25) is 0 Å². The Bertz CT molecular complexity index is 158. The number of carboxylic acid groups (broad SMARTS) is 2. The molecule has 6 nitrogen and oxygen atoms in total. The molecule has 0 spiro atoms. The molecule has 7 heteroatoms. The van der Waals surface area contributed by atoms with Gasteiger partial charge in [-0.15, -0.1) is 0 Å². The summed E-state index contributed by atoms with van der Waals surface area (Å²) in [5.41, 5.74) is 0. The van der Waals surface area contributed by atoms with E-state index in [1.165, 1.54) is 13.8 Å². The SMILES string of the molecule is CCC(=O)[O-].CCC(=O)[O-].[O]=[U+2]=[O]. The molecule has 0 rings (SSSR count). The summed E-state index contributed by atoms with van der Waals surface area (Å²) in [7, 11) is 0. The van der Waals surface area contributed by atoms with E-state index >= 15 is 0 Å². The molecule has 0 radical (unpaired) electrons. The Morgan fingerprint density at radius 1 is 1.00 bits per heavy atom. The molecule has 0 atom stereocenters. The Morgan fingerprint density at radius 3 is 1.08 bits per heavy atom. The van der Waals surface area contributed by atoms with Gasteiger partial charge in [-0.1, -0.05) is 13.8 Å². The summed E-state index contributed by atoms with van der Waals surface area (Å²) in [5, 5.41) is 18.5. The van der Waals surface area contributed by atoms with Crippen molar-refractivity contribution in [1.29, 1.82) is 0 Å². The van der Waals surface area contributed by atoms with Gasteiger partial charge in [0.1, 0.15) is 0 Å². The van der Waals surface area contributed by atoms with E-state index in [4.69, 9.17) is 4.47 Å². The van der Waals surface area contributed by atoms with Crippen LogP contribution in [0, 0.1) is 27.8 Å². The number of rotatable bonds is 2. The van der Waals surface area contributed by atoms with Crippen LogP contribution < -0.4 is 10.2 Å². The fraction of sp³-hybridized carbons (Fsp3) is 0.667. The van der Waals surface area contributed by atoms with Gasteiger partial charge in [-0.05, 0) is 12.8 Å².